The molecule has 3 heterocycles. The zero-order chi connectivity index (χ0) is 26.8. The summed E-state index contributed by atoms with van der Waals surface area (Å²) in [6, 6.07) is 27.4. The van der Waals surface area contributed by atoms with E-state index in [0.717, 1.165) is 75.9 Å². The molecule has 39 heavy (non-hydrogen) atoms. The summed E-state index contributed by atoms with van der Waals surface area (Å²) in [5, 5.41) is 3.49. The molecule has 0 saturated heterocycles. The minimum absolute atomic E-state index is 0.253. The number of pyridine rings is 1. The maximum atomic E-state index is 12.1. The molecule has 0 unspecified atom stereocenters. The van der Waals surface area contributed by atoms with Crippen molar-refractivity contribution in [3.63, 3.8) is 0 Å². The Balaban J connectivity index is 1.51. The van der Waals surface area contributed by atoms with Gasteiger partial charge in [-0.05, 0) is 61.2 Å². The number of aromatic nitrogens is 3. The summed E-state index contributed by atoms with van der Waals surface area (Å²) < 4.78 is 26.4. The lowest BCUT2D eigenvalue weighted by atomic mass is 9.72. The lowest BCUT2D eigenvalue weighted by Crippen LogP contribution is -2.43. The number of benzene rings is 3. The molecule has 194 valence electrons. The highest BCUT2D eigenvalue weighted by Gasteiger charge is 2.34. The number of fused-ring (bicyclic) bond motifs is 5. The highest BCUT2D eigenvalue weighted by molar-refractivity contribution is 7.90. The van der Waals surface area contributed by atoms with Crippen LogP contribution in [0.1, 0.15) is 24.8 Å². The Kier molecular flexibility index (Phi) is 5.27. The zero-order valence-electron chi connectivity index (χ0n) is 21.4. The van der Waals surface area contributed by atoms with E-state index in [4.69, 9.17) is 10.7 Å². The van der Waals surface area contributed by atoms with Gasteiger partial charge in [-0.15, -0.1) is 0 Å². The Morgan fingerprint density at radius 2 is 1.62 bits per heavy atom. The Labute approximate surface area is 227 Å². The summed E-state index contributed by atoms with van der Waals surface area (Å²) >= 11 is 0. The molecule has 3 N–H and O–H groups in total. The maximum Gasteiger partial charge on any atom is 0.175 e. The molecule has 0 radical (unpaired) electrons. The van der Waals surface area contributed by atoms with Gasteiger partial charge in [0.2, 0.25) is 0 Å². The Morgan fingerprint density at radius 1 is 0.897 bits per heavy atom. The molecule has 5 aromatic rings. The first kappa shape index (κ1) is 23.8. The standard InChI is InChI=1S/C31H27N5O2S/c1-39(37,38)23-15-11-20(12-16-23)27-28(21-9-13-22(14-10-21)31(32)17-5-18-31)36-26-8-4-19-33-29(26)34-25-7-3-2-6-24(25)30(36)35-27/h2-4,6-16,19H,5,17-18,32H2,1H3,(H,33,34). The van der Waals surface area contributed by atoms with Crippen LogP contribution in [0.25, 0.3) is 39.6 Å². The molecule has 8 heteroatoms. The van der Waals surface area contributed by atoms with Crippen molar-refractivity contribution in [3.05, 3.63) is 96.7 Å². The van der Waals surface area contributed by atoms with Crippen LogP contribution in [-0.2, 0) is 15.4 Å². The number of nitrogens with two attached hydrogens (primary N) is 1. The number of hydrogen-bond acceptors (Lipinski definition) is 6. The average molecular weight is 534 g/mol. The predicted molar refractivity (Wildman–Crippen MR) is 154 cm³/mol. The average Bonchev–Trinajstić information content (AvgIpc) is 3.26. The van der Waals surface area contributed by atoms with Gasteiger partial charge in [-0.1, -0.05) is 48.5 Å². The molecular formula is C31H27N5O2S. The SMILES string of the molecule is CS(=O)(=O)c1ccc(-c2nc3n(c2-c2ccc(C4(N)CCC4)cc2)-c2cccnc2Nc2ccccc2-3)cc1. The van der Waals surface area contributed by atoms with Crippen LogP contribution in [-0.4, -0.2) is 29.2 Å². The van der Waals surface area contributed by atoms with Crippen molar-refractivity contribution in [3.8, 4) is 39.6 Å². The number of rotatable bonds is 4. The van der Waals surface area contributed by atoms with E-state index in [1.54, 1.807) is 18.3 Å². The lowest BCUT2D eigenvalue weighted by Gasteiger charge is -2.38. The van der Waals surface area contributed by atoms with Gasteiger partial charge in [-0.2, -0.15) is 0 Å². The molecule has 3 aromatic carbocycles. The van der Waals surface area contributed by atoms with E-state index < -0.39 is 9.84 Å². The molecule has 1 fully saturated rings. The van der Waals surface area contributed by atoms with Crippen molar-refractivity contribution in [2.45, 2.75) is 29.7 Å². The van der Waals surface area contributed by atoms with Crippen LogP contribution < -0.4 is 11.1 Å². The van der Waals surface area contributed by atoms with Gasteiger partial charge >= 0.3 is 0 Å². The van der Waals surface area contributed by atoms with E-state index in [2.05, 4.69) is 39.1 Å². The van der Waals surface area contributed by atoms with Crippen molar-refractivity contribution in [2.24, 2.45) is 5.73 Å². The molecule has 0 amide bonds. The second-order valence-corrected chi connectivity index (χ2v) is 12.4. The van der Waals surface area contributed by atoms with Crippen LogP contribution in [0, 0.1) is 0 Å². The Hall–Kier alpha value is -4.27. The Morgan fingerprint density at radius 3 is 2.31 bits per heavy atom. The van der Waals surface area contributed by atoms with E-state index in [1.807, 2.05) is 48.5 Å². The van der Waals surface area contributed by atoms with Crippen molar-refractivity contribution < 1.29 is 8.42 Å². The molecule has 1 aliphatic carbocycles. The number of imidazole rings is 1. The monoisotopic (exact) mass is 533 g/mol. The van der Waals surface area contributed by atoms with Crippen molar-refractivity contribution >= 4 is 21.3 Å². The fourth-order valence-electron chi connectivity index (χ4n) is 5.56. The van der Waals surface area contributed by atoms with E-state index in [0.29, 0.717) is 0 Å². The van der Waals surface area contributed by atoms with E-state index in [-0.39, 0.29) is 10.4 Å². The highest BCUT2D eigenvalue weighted by Crippen LogP contribution is 2.45. The molecule has 7 nitrogen and oxygen atoms in total. The van der Waals surface area contributed by atoms with E-state index in [1.165, 1.54) is 6.26 Å². The number of nitrogens with zero attached hydrogens (tertiary/aromatic N) is 3. The first-order valence-electron chi connectivity index (χ1n) is 13.0. The normalized spacial score (nSPS) is 15.2. The van der Waals surface area contributed by atoms with Crippen LogP contribution in [0.4, 0.5) is 11.5 Å². The zero-order valence-corrected chi connectivity index (χ0v) is 22.2. The third-order valence-corrected chi connectivity index (χ3v) is 8.99. The summed E-state index contributed by atoms with van der Waals surface area (Å²) in [6.45, 7) is 0. The number of nitrogens with one attached hydrogen (secondary N) is 1. The van der Waals surface area contributed by atoms with Gasteiger partial charge in [0.15, 0.2) is 15.7 Å². The summed E-state index contributed by atoms with van der Waals surface area (Å²) in [5.41, 5.74) is 13.7. The third-order valence-electron chi connectivity index (χ3n) is 7.86. The van der Waals surface area contributed by atoms with Crippen LogP contribution in [0.5, 0.6) is 0 Å². The molecule has 7 rings (SSSR count). The largest absolute Gasteiger partial charge is 0.338 e. The fourth-order valence-corrected chi connectivity index (χ4v) is 6.19. The third kappa shape index (κ3) is 3.87. The van der Waals surface area contributed by atoms with Gasteiger partial charge in [-0.25, -0.2) is 18.4 Å². The molecular weight excluding hydrogens is 506 g/mol. The van der Waals surface area contributed by atoms with Crippen LogP contribution in [0.15, 0.2) is 96.0 Å². The van der Waals surface area contributed by atoms with Crippen LogP contribution in [0.3, 0.4) is 0 Å². The minimum Gasteiger partial charge on any atom is -0.338 e. The second-order valence-electron chi connectivity index (χ2n) is 10.4. The van der Waals surface area contributed by atoms with Gasteiger partial charge in [0.05, 0.1) is 27.7 Å². The fraction of sp³-hybridized carbons (Fsp3) is 0.161. The number of hydrogen-bond donors (Lipinski definition) is 2. The van der Waals surface area contributed by atoms with E-state index >= 15 is 0 Å². The molecule has 0 spiro atoms. The van der Waals surface area contributed by atoms with Gasteiger partial charge in [0.1, 0.15) is 5.82 Å². The van der Waals surface area contributed by atoms with Gasteiger partial charge < -0.3 is 11.1 Å². The summed E-state index contributed by atoms with van der Waals surface area (Å²) in [7, 11) is -3.32. The topological polar surface area (TPSA) is 103 Å². The van der Waals surface area contributed by atoms with Crippen LogP contribution >= 0.6 is 0 Å². The summed E-state index contributed by atoms with van der Waals surface area (Å²) in [5.74, 6) is 1.51. The summed E-state index contributed by atoms with van der Waals surface area (Å²) in [6.07, 6.45) is 6.13. The van der Waals surface area contributed by atoms with Gasteiger partial charge in [-0.3, -0.25) is 4.57 Å². The second kappa shape index (κ2) is 8.62. The smallest absolute Gasteiger partial charge is 0.175 e. The molecule has 1 aliphatic heterocycles. The summed E-state index contributed by atoms with van der Waals surface area (Å²) in [4.78, 5) is 10.1. The molecule has 2 aromatic heterocycles. The lowest BCUT2D eigenvalue weighted by molar-refractivity contribution is 0.253. The predicted octanol–water partition coefficient (Wildman–Crippen LogP) is 6.07. The Bertz CT molecular complexity index is 1840. The number of para-hydroxylation sites is 1. The minimum atomic E-state index is -3.32. The maximum absolute atomic E-state index is 12.1. The van der Waals surface area contributed by atoms with E-state index in [9.17, 15) is 8.42 Å². The molecule has 0 atom stereocenters. The quantitative estimate of drug-likeness (QED) is 0.285. The van der Waals surface area contributed by atoms with Crippen molar-refractivity contribution in [2.75, 3.05) is 11.6 Å². The molecule has 0 bridgehead atoms. The van der Waals surface area contributed by atoms with Crippen molar-refractivity contribution in [1.29, 1.82) is 0 Å². The molecule has 2 aliphatic rings. The first-order chi connectivity index (χ1) is 18.8. The number of sulfone groups is 1. The van der Waals surface area contributed by atoms with Crippen molar-refractivity contribution in [1.82, 2.24) is 14.5 Å². The van der Waals surface area contributed by atoms with Crippen LogP contribution in [0.2, 0.25) is 0 Å². The van der Waals surface area contributed by atoms with Gasteiger partial charge in [0.25, 0.3) is 0 Å². The highest BCUT2D eigenvalue weighted by atomic mass is 32.2. The number of anilines is 2. The molecule has 1 saturated carbocycles. The first-order valence-corrected chi connectivity index (χ1v) is 14.9. The van der Waals surface area contributed by atoms with Gasteiger partial charge in [0, 0.05) is 34.7 Å².